The Balaban J connectivity index is 2.08. The zero-order valence-corrected chi connectivity index (χ0v) is 12.5. The minimum absolute atomic E-state index is 0.105. The number of hydrogen-bond donors (Lipinski definition) is 2. The van der Waals surface area contributed by atoms with E-state index in [2.05, 4.69) is 34.7 Å². The van der Waals surface area contributed by atoms with E-state index in [1.807, 2.05) is 19.9 Å². The normalized spacial score (nSPS) is 15.2. The van der Waals surface area contributed by atoms with E-state index in [1.54, 1.807) is 0 Å². The van der Waals surface area contributed by atoms with Crippen molar-refractivity contribution in [3.8, 4) is 5.75 Å². The number of para-hydroxylation sites is 1. The van der Waals surface area contributed by atoms with E-state index in [0.717, 1.165) is 47.7 Å². The lowest BCUT2D eigenvalue weighted by molar-refractivity contribution is 0.283. The van der Waals surface area contributed by atoms with E-state index in [4.69, 9.17) is 10.6 Å². The van der Waals surface area contributed by atoms with E-state index in [0.29, 0.717) is 0 Å². The Labute approximate surface area is 125 Å². The summed E-state index contributed by atoms with van der Waals surface area (Å²) in [5.74, 6) is 6.82. The number of benzene rings is 1. The molecule has 1 aliphatic rings. The Morgan fingerprint density at radius 2 is 2.05 bits per heavy atom. The monoisotopic (exact) mass is 283 g/mol. The zero-order valence-electron chi connectivity index (χ0n) is 12.5. The van der Waals surface area contributed by atoms with E-state index in [-0.39, 0.29) is 6.04 Å². The first-order valence-corrected chi connectivity index (χ1v) is 7.35. The number of fused-ring (bicyclic) bond motifs is 1. The van der Waals surface area contributed by atoms with Gasteiger partial charge in [0.05, 0.1) is 12.6 Å². The van der Waals surface area contributed by atoms with Crippen LogP contribution < -0.4 is 16.0 Å². The average molecular weight is 283 g/mol. The molecule has 2 heterocycles. The second kappa shape index (κ2) is 5.84. The van der Waals surface area contributed by atoms with Gasteiger partial charge in [0.15, 0.2) is 0 Å². The summed E-state index contributed by atoms with van der Waals surface area (Å²) in [6.07, 6.45) is 2.13. The predicted octanol–water partition coefficient (Wildman–Crippen LogP) is 2.58. The van der Waals surface area contributed by atoms with Gasteiger partial charge in [-0.1, -0.05) is 24.3 Å². The molecule has 110 valence electrons. The quantitative estimate of drug-likeness (QED) is 0.671. The molecule has 0 amide bonds. The van der Waals surface area contributed by atoms with E-state index < -0.39 is 0 Å². The molecule has 0 spiro atoms. The van der Waals surface area contributed by atoms with Crippen LogP contribution in [0.4, 0.5) is 0 Å². The Morgan fingerprint density at radius 3 is 2.81 bits per heavy atom. The lowest BCUT2D eigenvalue weighted by atomic mass is 9.93. The van der Waals surface area contributed by atoms with Crippen molar-refractivity contribution in [1.82, 2.24) is 10.4 Å². The van der Waals surface area contributed by atoms with Crippen molar-refractivity contribution < 1.29 is 4.74 Å². The molecule has 0 fully saturated rings. The maximum atomic E-state index is 5.91. The molecule has 1 aromatic heterocycles. The SMILES string of the molecule is Cc1ccc(C(NN)c2cccc3c2OCCC3)c(C)n1. The van der Waals surface area contributed by atoms with Gasteiger partial charge in [-0.3, -0.25) is 10.8 Å². The average Bonchev–Trinajstić information content (AvgIpc) is 2.50. The van der Waals surface area contributed by atoms with E-state index in [1.165, 1.54) is 5.56 Å². The Kier molecular flexibility index (Phi) is 3.90. The molecule has 4 heteroatoms. The van der Waals surface area contributed by atoms with Crippen LogP contribution in [0.25, 0.3) is 0 Å². The van der Waals surface area contributed by atoms with Gasteiger partial charge in [-0.25, -0.2) is 5.43 Å². The van der Waals surface area contributed by atoms with Crippen LogP contribution in [0.15, 0.2) is 30.3 Å². The van der Waals surface area contributed by atoms with Gasteiger partial charge in [-0.2, -0.15) is 0 Å². The molecule has 0 saturated carbocycles. The highest BCUT2D eigenvalue weighted by atomic mass is 16.5. The lowest BCUT2D eigenvalue weighted by Gasteiger charge is -2.25. The maximum absolute atomic E-state index is 5.91. The van der Waals surface area contributed by atoms with Gasteiger partial charge in [0.1, 0.15) is 5.75 Å². The Morgan fingerprint density at radius 1 is 1.19 bits per heavy atom. The Hall–Kier alpha value is -1.91. The standard InChI is InChI=1S/C17H21N3O/c1-11-8-9-14(12(2)19-11)16(20-18)15-7-3-5-13-6-4-10-21-17(13)15/h3,5,7-9,16,20H,4,6,10,18H2,1-2H3. The molecule has 0 saturated heterocycles. The summed E-state index contributed by atoms with van der Waals surface area (Å²) in [4.78, 5) is 4.54. The minimum atomic E-state index is -0.105. The van der Waals surface area contributed by atoms with Crippen molar-refractivity contribution in [1.29, 1.82) is 0 Å². The highest BCUT2D eigenvalue weighted by molar-refractivity contribution is 5.48. The number of hydrogen-bond acceptors (Lipinski definition) is 4. The fourth-order valence-corrected chi connectivity index (χ4v) is 2.99. The van der Waals surface area contributed by atoms with Crippen LogP contribution in [-0.2, 0) is 6.42 Å². The molecular formula is C17H21N3O. The van der Waals surface area contributed by atoms with Gasteiger partial charge in [0.2, 0.25) is 0 Å². The number of nitrogens with zero attached hydrogens (tertiary/aromatic N) is 1. The molecule has 1 aromatic carbocycles. The van der Waals surface area contributed by atoms with Crippen molar-refractivity contribution in [2.45, 2.75) is 32.7 Å². The molecule has 2 aromatic rings. The number of ether oxygens (including phenoxy) is 1. The smallest absolute Gasteiger partial charge is 0.127 e. The molecule has 1 atom stereocenters. The molecule has 0 radical (unpaired) electrons. The van der Waals surface area contributed by atoms with Crippen molar-refractivity contribution in [2.75, 3.05) is 6.61 Å². The van der Waals surface area contributed by atoms with Crippen LogP contribution in [-0.4, -0.2) is 11.6 Å². The number of hydrazine groups is 1. The van der Waals surface area contributed by atoms with Crippen LogP contribution in [0.2, 0.25) is 0 Å². The number of nitrogens with one attached hydrogen (secondary N) is 1. The first kappa shape index (κ1) is 14.0. The molecule has 3 N–H and O–H groups in total. The summed E-state index contributed by atoms with van der Waals surface area (Å²) in [5.41, 5.74) is 8.37. The number of aromatic nitrogens is 1. The third-order valence-electron chi connectivity index (χ3n) is 4.02. The molecule has 3 rings (SSSR count). The highest BCUT2D eigenvalue weighted by Gasteiger charge is 2.23. The number of rotatable bonds is 3. The van der Waals surface area contributed by atoms with Crippen molar-refractivity contribution >= 4 is 0 Å². The number of pyridine rings is 1. The molecule has 1 aliphatic heterocycles. The lowest BCUT2D eigenvalue weighted by Crippen LogP contribution is -2.30. The third-order valence-corrected chi connectivity index (χ3v) is 4.02. The first-order chi connectivity index (χ1) is 10.2. The summed E-state index contributed by atoms with van der Waals surface area (Å²) in [5, 5.41) is 0. The summed E-state index contributed by atoms with van der Waals surface area (Å²) in [6, 6.07) is 10.3. The van der Waals surface area contributed by atoms with Crippen molar-refractivity contribution in [3.05, 3.63) is 58.4 Å². The minimum Gasteiger partial charge on any atom is -0.493 e. The summed E-state index contributed by atoms with van der Waals surface area (Å²) >= 11 is 0. The number of nitrogens with two attached hydrogens (primary N) is 1. The van der Waals surface area contributed by atoms with Gasteiger partial charge < -0.3 is 4.74 Å². The molecule has 4 nitrogen and oxygen atoms in total. The van der Waals surface area contributed by atoms with Gasteiger partial charge >= 0.3 is 0 Å². The Bertz CT molecular complexity index is 654. The zero-order chi connectivity index (χ0) is 14.8. The summed E-state index contributed by atoms with van der Waals surface area (Å²) in [6.45, 7) is 4.78. The van der Waals surface area contributed by atoms with Gasteiger partial charge in [0.25, 0.3) is 0 Å². The molecule has 0 aliphatic carbocycles. The van der Waals surface area contributed by atoms with Crippen LogP contribution in [0.5, 0.6) is 5.75 Å². The van der Waals surface area contributed by atoms with Crippen LogP contribution in [0.1, 0.15) is 40.5 Å². The van der Waals surface area contributed by atoms with Gasteiger partial charge in [-0.15, -0.1) is 0 Å². The maximum Gasteiger partial charge on any atom is 0.127 e. The predicted molar refractivity (Wildman–Crippen MR) is 83.1 cm³/mol. The highest BCUT2D eigenvalue weighted by Crippen LogP contribution is 2.35. The van der Waals surface area contributed by atoms with Crippen LogP contribution in [0.3, 0.4) is 0 Å². The molecular weight excluding hydrogens is 262 g/mol. The van der Waals surface area contributed by atoms with Crippen molar-refractivity contribution in [3.63, 3.8) is 0 Å². The fraction of sp³-hybridized carbons (Fsp3) is 0.353. The van der Waals surface area contributed by atoms with Gasteiger partial charge in [-0.05, 0) is 43.9 Å². The molecule has 21 heavy (non-hydrogen) atoms. The second-order valence-corrected chi connectivity index (χ2v) is 5.51. The summed E-state index contributed by atoms with van der Waals surface area (Å²) in [7, 11) is 0. The van der Waals surface area contributed by atoms with Crippen LogP contribution >= 0.6 is 0 Å². The van der Waals surface area contributed by atoms with Crippen molar-refractivity contribution in [2.24, 2.45) is 5.84 Å². The molecule has 0 bridgehead atoms. The second-order valence-electron chi connectivity index (χ2n) is 5.51. The van der Waals surface area contributed by atoms with Gasteiger partial charge in [0, 0.05) is 17.0 Å². The topological polar surface area (TPSA) is 60.2 Å². The van der Waals surface area contributed by atoms with Crippen LogP contribution in [0, 0.1) is 13.8 Å². The van der Waals surface area contributed by atoms with E-state index in [9.17, 15) is 0 Å². The largest absolute Gasteiger partial charge is 0.493 e. The number of aryl methyl sites for hydroxylation is 3. The van der Waals surface area contributed by atoms with E-state index >= 15 is 0 Å². The summed E-state index contributed by atoms with van der Waals surface area (Å²) < 4.78 is 5.91. The first-order valence-electron chi connectivity index (χ1n) is 7.35. The third kappa shape index (κ3) is 2.64. The molecule has 1 unspecified atom stereocenters. The fourth-order valence-electron chi connectivity index (χ4n) is 2.99.